The van der Waals surface area contributed by atoms with Crippen LogP contribution in [0.5, 0.6) is 5.75 Å². The Morgan fingerprint density at radius 3 is 1.94 bits per heavy atom. The largest absolute Gasteiger partial charge is 0.497 e. The number of nitrogens with one attached hydrogen (secondary N) is 2. The Labute approximate surface area is 193 Å². The minimum absolute atomic E-state index is 0.139. The number of rotatable bonds is 6. The SMILES string of the molecule is COc1ccc(C(=O)NC2CCCCC2NC(=O)c2ccc(N3CCCOC3=O)cc2)cc1. The van der Waals surface area contributed by atoms with Crippen LogP contribution in [0.2, 0.25) is 0 Å². The van der Waals surface area contributed by atoms with Crippen molar-refractivity contribution in [3.8, 4) is 5.75 Å². The first-order chi connectivity index (χ1) is 16.0. The molecule has 1 heterocycles. The molecule has 2 aliphatic rings. The van der Waals surface area contributed by atoms with Gasteiger partial charge in [-0.15, -0.1) is 0 Å². The van der Waals surface area contributed by atoms with Crippen LogP contribution in [-0.2, 0) is 4.74 Å². The van der Waals surface area contributed by atoms with Crippen molar-refractivity contribution in [1.82, 2.24) is 10.6 Å². The normalized spacial score (nSPS) is 20.5. The standard InChI is InChI=1S/C25H29N3O5/c1-32-20-13-9-18(10-14-20)24(30)27-22-6-3-2-5-21(22)26-23(29)17-7-11-19(12-8-17)28-15-4-16-33-25(28)31/h7-14,21-22H,2-6,15-16H2,1H3,(H,26,29)(H,27,30). The molecule has 33 heavy (non-hydrogen) atoms. The van der Waals surface area contributed by atoms with Crippen LogP contribution in [0.1, 0.15) is 52.8 Å². The van der Waals surface area contributed by atoms with Gasteiger partial charge in [0.25, 0.3) is 11.8 Å². The van der Waals surface area contributed by atoms with E-state index in [9.17, 15) is 14.4 Å². The highest BCUT2D eigenvalue weighted by Gasteiger charge is 2.28. The summed E-state index contributed by atoms with van der Waals surface area (Å²) in [6, 6.07) is 13.6. The average Bonchev–Trinajstić information content (AvgIpc) is 2.85. The van der Waals surface area contributed by atoms with Crippen LogP contribution in [0, 0.1) is 0 Å². The molecule has 0 radical (unpaired) electrons. The molecular formula is C25H29N3O5. The maximum atomic E-state index is 12.9. The van der Waals surface area contributed by atoms with Gasteiger partial charge in [0.05, 0.1) is 13.7 Å². The monoisotopic (exact) mass is 451 g/mol. The lowest BCUT2D eigenvalue weighted by Gasteiger charge is -2.33. The van der Waals surface area contributed by atoms with Crippen LogP contribution in [0.25, 0.3) is 0 Å². The van der Waals surface area contributed by atoms with E-state index in [0.717, 1.165) is 32.1 Å². The molecule has 8 nitrogen and oxygen atoms in total. The fourth-order valence-corrected chi connectivity index (χ4v) is 4.30. The topological polar surface area (TPSA) is 97.0 Å². The lowest BCUT2D eigenvalue weighted by Crippen LogP contribution is -2.53. The van der Waals surface area contributed by atoms with Crippen molar-refractivity contribution < 1.29 is 23.9 Å². The van der Waals surface area contributed by atoms with Crippen LogP contribution in [0.15, 0.2) is 48.5 Å². The molecular weight excluding hydrogens is 422 g/mol. The van der Waals surface area contributed by atoms with Gasteiger partial charge in [0.1, 0.15) is 5.75 Å². The number of hydrogen-bond acceptors (Lipinski definition) is 5. The molecule has 2 N–H and O–H groups in total. The van der Waals surface area contributed by atoms with Gasteiger partial charge in [0.2, 0.25) is 0 Å². The summed E-state index contributed by atoms with van der Waals surface area (Å²) in [5.74, 6) is 0.331. The number of benzene rings is 2. The zero-order valence-electron chi connectivity index (χ0n) is 18.7. The Balaban J connectivity index is 1.38. The summed E-state index contributed by atoms with van der Waals surface area (Å²) >= 11 is 0. The van der Waals surface area contributed by atoms with Gasteiger partial charge in [0.15, 0.2) is 0 Å². The second kappa shape index (κ2) is 10.4. The Morgan fingerprint density at radius 1 is 0.879 bits per heavy atom. The summed E-state index contributed by atoms with van der Waals surface area (Å²) in [6.07, 6.45) is 4.02. The van der Waals surface area contributed by atoms with Gasteiger partial charge >= 0.3 is 6.09 Å². The van der Waals surface area contributed by atoms with Crippen LogP contribution >= 0.6 is 0 Å². The molecule has 3 amide bonds. The number of hydrogen-bond donors (Lipinski definition) is 2. The quantitative estimate of drug-likeness (QED) is 0.701. The minimum Gasteiger partial charge on any atom is -0.497 e. The molecule has 4 rings (SSSR count). The second-order valence-corrected chi connectivity index (χ2v) is 8.34. The number of methoxy groups -OCH3 is 1. The van der Waals surface area contributed by atoms with Gasteiger partial charge in [-0.1, -0.05) is 12.8 Å². The van der Waals surface area contributed by atoms with Crippen LogP contribution in [0.4, 0.5) is 10.5 Å². The maximum Gasteiger partial charge on any atom is 0.414 e. The van der Waals surface area contributed by atoms with E-state index in [0.29, 0.717) is 35.7 Å². The zero-order chi connectivity index (χ0) is 23.2. The molecule has 174 valence electrons. The van der Waals surface area contributed by atoms with E-state index in [1.165, 1.54) is 0 Å². The Bertz CT molecular complexity index is 990. The van der Waals surface area contributed by atoms with E-state index in [1.807, 2.05) is 0 Å². The van der Waals surface area contributed by atoms with Crippen LogP contribution in [0.3, 0.4) is 0 Å². The van der Waals surface area contributed by atoms with E-state index in [1.54, 1.807) is 60.5 Å². The molecule has 0 bridgehead atoms. The molecule has 0 aromatic heterocycles. The summed E-state index contributed by atoms with van der Waals surface area (Å²) in [7, 11) is 1.58. The van der Waals surface area contributed by atoms with Crippen molar-refractivity contribution in [3.05, 3.63) is 59.7 Å². The summed E-state index contributed by atoms with van der Waals surface area (Å²) in [5.41, 5.74) is 1.77. The summed E-state index contributed by atoms with van der Waals surface area (Å²) < 4.78 is 10.2. The molecule has 1 saturated carbocycles. The smallest absolute Gasteiger partial charge is 0.414 e. The third kappa shape index (κ3) is 5.45. The van der Waals surface area contributed by atoms with E-state index >= 15 is 0 Å². The molecule has 1 saturated heterocycles. The van der Waals surface area contributed by atoms with E-state index < -0.39 is 0 Å². The highest BCUT2D eigenvalue weighted by molar-refractivity contribution is 5.96. The van der Waals surface area contributed by atoms with Gasteiger partial charge in [-0.2, -0.15) is 0 Å². The maximum absolute atomic E-state index is 12.9. The second-order valence-electron chi connectivity index (χ2n) is 8.34. The van der Waals surface area contributed by atoms with Gasteiger partial charge < -0.3 is 20.1 Å². The van der Waals surface area contributed by atoms with Gasteiger partial charge in [-0.25, -0.2) is 4.79 Å². The molecule has 8 heteroatoms. The molecule has 2 aromatic carbocycles. The Morgan fingerprint density at radius 2 is 1.42 bits per heavy atom. The Kier molecular flexibility index (Phi) is 7.12. The first kappa shape index (κ1) is 22.6. The number of amides is 3. The van der Waals surface area contributed by atoms with Crippen molar-refractivity contribution in [2.24, 2.45) is 0 Å². The molecule has 2 aromatic rings. The fourth-order valence-electron chi connectivity index (χ4n) is 4.30. The first-order valence-electron chi connectivity index (χ1n) is 11.4. The molecule has 1 aliphatic carbocycles. The predicted molar refractivity (Wildman–Crippen MR) is 124 cm³/mol. The first-order valence-corrected chi connectivity index (χ1v) is 11.4. The lowest BCUT2D eigenvalue weighted by molar-refractivity contribution is 0.0863. The summed E-state index contributed by atoms with van der Waals surface area (Å²) in [6.45, 7) is 1.04. The third-order valence-corrected chi connectivity index (χ3v) is 6.16. The lowest BCUT2D eigenvalue weighted by atomic mass is 9.89. The zero-order valence-corrected chi connectivity index (χ0v) is 18.7. The average molecular weight is 452 g/mol. The van der Waals surface area contributed by atoms with Crippen molar-refractivity contribution in [2.45, 2.75) is 44.2 Å². The molecule has 2 unspecified atom stereocenters. The third-order valence-electron chi connectivity index (χ3n) is 6.16. The van der Waals surface area contributed by atoms with Gasteiger partial charge in [-0.05, 0) is 67.8 Å². The van der Waals surface area contributed by atoms with E-state index in [-0.39, 0.29) is 30.0 Å². The van der Waals surface area contributed by atoms with Crippen molar-refractivity contribution in [3.63, 3.8) is 0 Å². The fraction of sp³-hybridized carbons (Fsp3) is 0.400. The molecule has 0 spiro atoms. The molecule has 1 aliphatic heterocycles. The number of anilines is 1. The van der Waals surface area contributed by atoms with Crippen LogP contribution in [-0.4, -0.2) is 50.3 Å². The molecule has 2 fully saturated rings. The number of carbonyl (C=O) groups excluding carboxylic acids is 3. The van der Waals surface area contributed by atoms with Gasteiger partial charge in [0, 0.05) is 35.4 Å². The Hall–Kier alpha value is -3.55. The number of carbonyl (C=O) groups is 3. The highest BCUT2D eigenvalue weighted by Crippen LogP contribution is 2.22. The number of nitrogens with zero attached hydrogens (tertiary/aromatic N) is 1. The van der Waals surface area contributed by atoms with Crippen LogP contribution < -0.4 is 20.3 Å². The minimum atomic E-state index is -0.365. The van der Waals surface area contributed by atoms with Crippen molar-refractivity contribution in [2.75, 3.05) is 25.2 Å². The van der Waals surface area contributed by atoms with E-state index in [4.69, 9.17) is 9.47 Å². The molecule has 2 atom stereocenters. The highest BCUT2D eigenvalue weighted by atomic mass is 16.6. The summed E-state index contributed by atoms with van der Waals surface area (Å²) in [5, 5.41) is 6.17. The van der Waals surface area contributed by atoms with Gasteiger partial charge in [-0.3, -0.25) is 14.5 Å². The number of cyclic esters (lactones) is 1. The predicted octanol–water partition coefficient (Wildman–Crippen LogP) is 3.51. The van der Waals surface area contributed by atoms with Crippen molar-refractivity contribution >= 4 is 23.6 Å². The summed E-state index contributed by atoms with van der Waals surface area (Å²) in [4.78, 5) is 39.1. The van der Waals surface area contributed by atoms with Crippen molar-refractivity contribution in [1.29, 1.82) is 0 Å². The number of ether oxygens (including phenoxy) is 2. The van der Waals surface area contributed by atoms with E-state index in [2.05, 4.69) is 10.6 Å².